The van der Waals surface area contributed by atoms with E-state index in [1.54, 1.807) is 42.6 Å². The van der Waals surface area contributed by atoms with E-state index in [4.69, 9.17) is 5.73 Å². The molecule has 8 nitrogen and oxygen atoms in total. The fraction of sp³-hybridized carbons (Fsp3) is 0.200. The number of benzene rings is 2. The number of ketones is 2. The molecule has 2 unspecified atom stereocenters. The number of carbonyl (C=O) groups excluding carboxylic acids is 3. The number of hydrogen-bond donors (Lipinski definition) is 1. The van der Waals surface area contributed by atoms with Gasteiger partial charge in [-0.3, -0.25) is 14.4 Å². The maximum atomic E-state index is 13.0. The average molecular weight is 498 g/mol. The molecule has 186 valence electrons. The molecule has 1 aromatic heterocycles. The molecule has 1 aliphatic heterocycles. The summed E-state index contributed by atoms with van der Waals surface area (Å²) in [5.74, 6) is -2.71. The van der Waals surface area contributed by atoms with Crippen LogP contribution in [0.2, 0.25) is 0 Å². The number of alkyl halides is 3. The smallest absolute Gasteiger partial charge is 0.406 e. The molecule has 2 aromatic carbocycles. The number of Topliss-reactive ketones (excluding diaryl/α,β-unsaturated/α-hetero) is 2. The summed E-state index contributed by atoms with van der Waals surface area (Å²) in [6.07, 6.45) is -1.13. The Hall–Kier alpha value is -4.41. The maximum absolute atomic E-state index is 13.0. The Bertz CT molecular complexity index is 1300. The number of halogens is 3. The van der Waals surface area contributed by atoms with Crippen LogP contribution >= 0.6 is 0 Å². The molecule has 0 aliphatic carbocycles. The highest BCUT2D eigenvalue weighted by Gasteiger charge is 2.38. The van der Waals surface area contributed by atoms with Crippen LogP contribution in [-0.4, -0.2) is 44.6 Å². The molecule has 0 saturated heterocycles. The lowest BCUT2D eigenvalue weighted by atomic mass is 9.98. The highest BCUT2D eigenvalue weighted by atomic mass is 19.4. The van der Waals surface area contributed by atoms with Gasteiger partial charge in [-0.1, -0.05) is 48.5 Å². The van der Waals surface area contributed by atoms with Gasteiger partial charge in [0.25, 0.3) is 5.91 Å². The van der Waals surface area contributed by atoms with E-state index in [0.717, 1.165) is 11.6 Å². The predicted octanol–water partition coefficient (Wildman–Crippen LogP) is 3.40. The van der Waals surface area contributed by atoms with Crippen molar-refractivity contribution in [1.29, 1.82) is 0 Å². The van der Waals surface area contributed by atoms with Crippen molar-refractivity contribution in [3.05, 3.63) is 84.7 Å². The third kappa shape index (κ3) is 5.62. The topological polar surface area (TPSA) is 108 Å². The van der Waals surface area contributed by atoms with Crippen LogP contribution < -0.4 is 10.5 Å². The van der Waals surface area contributed by atoms with E-state index in [9.17, 15) is 27.6 Å². The zero-order chi connectivity index (χ0) is 25.9. The number of aromatic nitrogens is 2. The first kappa shape index (κ1) is 24.7. The predicted molar refractivity (Wildman–Crippen MR) is 122 cm³/mol. The van der Waals surface area contributed by atoms with Gasteiger partial charge in [0.15, 0.2) is 11.9 Å². The van der Waals surface area contributed by atoms with Crippen LogP contribution in [0.15, 0.2) is 79.1 Å². The van der Waals surface area contributed by atoms with Crippen molar-refractivity contribution in [2.24, 2.45) is 5.73 Å². The number of carbonyl (C=O) groups is 3. The molecule has 0 bridgehead atoms. The van der Waals surface area contributed by atoms with Crippen molar-refractivity contribution in [3.8, 4) is 17.0 Å². The zero-order valence-corrected chi connectivity index (χ0v) is 18.8. The molecule has 4 rings (SSSR count). The van der Waals surface area contributed by atoms with Gasteiger partial charge in [0.05, 0.1) is 5.69 Å². The van der Waals surface area contributed by atoms with Gasteiger partial charge in [-0.05, 0) is 30.0 Å². The van der Waals surface area contributed by atoms with E-state index >= 15 is 0 Å². The molecule has 1 aliphatic rings. The lowest BCUT2D eigenvalue weighted by Gasteiger charge is -2.37. The number of allylic oxidation sites excluding steroid dienone is 1. The molecular formula is C25H21F3N4O4. The summed E-state index contributed by atoms with van der Waals surface area (Å²) in [6.45, 7) is 0. The molecule has 2 N–H and O–H groups in total. The molecule has 2 atom stereocenters. The van der Waals surface area contributed by atoms with Crippen LogP contribution in [0.5, 0.6) is 5.75 Å². The van der Waals surface area contributed by atoms with E-state index in [0.29, 0.717) is 5.56 Å². The zero-order valence-electron chi connectivity index (χ0n) is 18.8. The Morgan fingerprint density at radius 2 is 1.86 bits per heavy atom. The number of nitrogens with two attached hydrogens (primary N) is 1. The normalized spacial score (nSPS) is 16.6. The van der Waals surface area contributed by atoms with Gasteiger partial charge in [0, 0.05) is 24.6 Å². The Morgan fingerprint density at radius 1 is 1.11 bits per heavy atom. The Morgan fingerprint density at radius 3 is 2.56 bits per heavy atom. The van der Waals surface area contributed by atoms with Crippen molar-refractivity contribution in [2.45, 2.75) is 31.4 Å². The van der Waals surface area contributed by atoms with E-state index in [1.165, 1.54) is 34.0 Å². The Kier molecular flexibility index (Phi) is 6.91. The molecule has 0 saturated carbocycles. The summed E-state index contributed by atoms with van der Waals surface area (Å²) in [7, 11) is 0. The molecule has 0 spiro atoms. The first-order valence-electron chi connectivity index (χ1n) is 10.9. The lowest BCUT2D eigenvalue weighted by molar-refractivity contribution is -0.274. The number of primary amides is 1. The van der Waals surface area contributed by atoms with Gasteiger partial charge in [0.1, 0.15) is 11.8 Å². The van der Waals surface area contributed by atoms with Gasteiger partial charge in [-0.2, -0.15) is 5.10 Å². The summed E-state index contributed by atoms with van der Waals surface area (Å²) in [5.41, 5.74) is 6.68. The number of hydrogen-bond acceptors (Lipinski definition) is 6. The van der Waals surface area contributed by atoms with Gasteiger partial charge >= 0.3 is 6.36 Å². The Balaban J connectivity index is 1.67. The molecule has 11 heteroatoms. The number of nitrogens with zero attached hydrogens (tertiary/aromatic N) is 3. The van der Waals surface area contributed by atoms with E-state index < -0.39 is 36.0 Å². The van der Waals surface area contributed by atoms with Crippen LogP contribution in [0.1, 0.15) is 18.2 Å². The number of rotatable bonds is 8. The van der Waals surface area contributed by atoms with E-state index in [-0.39, 0.29) is 24.3 Å². The quantitative estimate of drug-likeness (QED) is 0.477. The molecule has 1 amide bonds. The van der Waals surface area contributed by atoms with Crippen molar-refractivity contribution in [2.75, 3.05) is 0 Å². The first-order chi connectivity index (χ1) is 17.1. The number of amides is 1. The molecular weight excluding hydrogens is 477 g/mol. The minimum atomic E-state index is -4.85. The molecule has 36 heavy (non-hydrogen) atoms. The van der Waals surface area contributed by atoms with E-state index in [2.05, 4.69) is 9.84 Å². The second-order valence-electron chi connectivity index (χ2n) is 8.07. The highest BCUT2D eigenvalue weighted by Crippen LogP contribution is 2.30. The minimum absolute atomic E-state index is 0.0636. The fourth-order valence-corrected chi connectivity index (χ4v) is 4.02. The van der Waals surface area contributed by atoms with Gasteiger partial charge in [-0.15, -0.1) is 13.2 Å². The third-order valence-corrected chi connectivity index (χ3v) is 5.57. The van der Waals surface area contributed by atoms with Crippen LogP contribution in [0.4, 0.5) is 13.2 Å². The maximum Gasteiger partial charge on any atom is 0.573 e. The molecule has 0 radical (unpaired) electrons. The van der Waals surface area contributed by atoms with Crippen LogP contribution in [0.25, 0.3) is 11.3 Å². The largest absolute Gasteiger partial charge is 0.573 e. The molecule has 0 fully saturated rings. The monoisotopic (exact) mass is 498 g/mol. The SMILES string of the molecule is NC(=O)C(=O)C(Cc1ccccc1)N1C=CCC(=O)C1n1ccc(-c2cccc(OC(F)(F)F)c2)n1. The van der Waals surface area contributed by atoms with Crippen LogP contribution in [0, 0.1) is 0 Å². The van der Waals surface area contributed by atoms with Crippen molar-refractivity contribution >= 4 is 17.5 Å². The Labute approximate surface area is 203 Å². The minimum Gasteiger partial charge on any atom is -0.406 e. The second kappa shape index (κ2) is 10.1. The molecule has 3 aromatic rings. The third-order valence-electron chi connectivity index (χ3n) is 5.57. The van der Waals surface area contributed by atoms with Gasteiger partial charge in [-0.25, -0.2) is 4.68 Å². The average Bonchev–Trinajstić information content (AvgIpc) is 3.31. The van der Waals surface area contributed by atoms with Crippen molar-refractivity contribution in [3.63, 3.8) is 0 Å². The van der Waals surface area contributed by atoms with Crippen LogP contribution in [0.3, 0.4) is 0 Å². The van der Waals surface area contributed by atoms with Crippen molar-refractivity contribution < 1.29 is 32.3 Å². The van der Waals surface area contributed by atoms with Crippen LogP contribution in [-0.2, 0) is 20.8 Å². The highest BCUT2D eigenvalue weighted by molar-refractivity contribution is 6.37. The summed E-state index contributed by atoms with van der Waals surface area (Å²) < 4.78 is 43.1. The van der Waals surface area contributed by atoms with Crippen molar-refractivity contribution in [1.82, 2.24) is 14.7 Å². The fourth-order valence-electron chi connectivity index (χ4n) is 4.02. The molecule has 2 heterocycles. The summed E-state index contributed by atoms with van der Waals surface area (Å²) in [5, 5.41) is 4.39. The first-order valence-corrected chi connectivity index (χ1v) is 10.9. The summed E-state index contributed by atoms with van der Waals surface area (Å²) in [6, 6.07) is 14.7. The standard InChI is InChI=1S/C25H21F3N4O4/c26-25(27,28)36-18-9-4-8-17(15-18)19-11-13-32(30-19)24-21(33)10-5-12-31(24)20(22(34)23(29)35)14-16-6-2-1-3-7-16/h1-9,11-13,15,20,24H,10,14H2,(H2,29,35). The summed E-state index contributed by atoms with van der Waals surface area (Å²) >= 11 is 0. The second-order valence-corrected chi connectivity index (χ2v) is 8.07. The van der Waals surface area contributed by atoms with Gasteiger partial charge < -0.3 is 15.4 Å². The van der Waals surface area contributed by atoms with E-state index in [1.807, 2.05) is 6.07 Å². The van der Waals surface area contributed by atoms with Gasteiger partial charge in [0.2, 0.25) is 5.78 Å². The lowest BCUT2D eigenvalue weighted by Crippen LogP contribution is -2.51. The number of ether oxygens (including phenoxy) is 1. The summed E-state index contributed by atoms with van der Waals surface area (Å²) in [4.78, 5) is 39.1.